The standard InChI is InChI=1S/C12H11Cl2NS/c1-8-7-16-12(11(8)14)10(13)6-9-4-2-3-5-15-9/h2-5,7,10H,6H2,1H3. The summed E-state index contributed by atoms with van der Waals surface area (Å²) in [7, 11) is 0. The molecule has 0 spiro atoms. The number of aromatic nitrogens is 1. The molecule has 2 aromatic rings. The van der Waals surface area contributed by atoms with Crippen molar-refractivity contribution in [2.75, 3.05) is 0 Å². The molecule has 2 rings (SSSR count). The van der Waals surface area contributed by atoms with Gasteiger partial charge in [0.05, 0.1) is 10.4 Å². The molecule has 1 unspecified atom stereocenters. The van der Waals surface area contributed by atoms with Crippen LogP contribution in [0.2, 0.25) is 5.02 Å². The summed E-state index contributed by atoms with van der Waals surface area (Å²) in [6, 6.07) is 5.84. The van der Waals surface area contributed by atoms with E-state index in [1.54, 1.807) is 17.5 Å². The molecule has 0 bridgehead atoms. The summed E-state index contributed by atoms with van der Waals surface area (Å²) in [6.07, 6.45) is 2.49. The van der Waals surface area contributed by atoms with Crippen molar-refractivity contribution < 1.29 is 0 Å². The molecule has 1 nitrogen and oxygen atoms in total. The van der Waals surface area contributed by atoms with Crippen LogP contribution in [0.4, 0.5) is 0 Å². The molecule has 0 saturated carbocycles. The Labute approximate surface area is 109 Å². The van der Waals surface area contributed by atoms with Gasteiger partial charge in [-0.1, -0.05) is 17.7 Å². The molecule has 4 heteroatoms. The second kappa shape index (κ2) is 5.17. The summed E-state index contributed by atoms with van der Waals surface area (Å²) in [5.74, 6) is 0. The van der Waals surface area contributed by atoms with Gasteiger partial charge in [0, 0.05) is 23.2 Å². The van der Waals surface area contributed by atoms with E-state index in [1.807, 2.05) is 30.5 Å². The van der Waals surface area contributed by atoms with Crippen molar-refractivity contribution in [3.05, 3.63) is 50.9 Å². The number of pyridine rings is 1. The summed E-state index contributed by atoms with van der Waals surface area (Å²) in [5, 5.41) is 2.73. The quantitative estimate of drug-likeness (QED) is 0.742. The predicted molar refractivity (Wildman–Crippen MR) is 70.6 cm³/mol. The van der Waals surface area contributed by atoms with Gasteiger partial charge in [-0.3, -0.25) is 4.98 Å². The predicted octanol–water partition coefficient (Wildman–Crippen LogP) is 4.63. The third-order valence-electron chi connectivity index (χ3n) is 2.32. The number of hydrogen-bond acceptors (Lipinski definition) is 2. The van der Waals surface area contributed by atoms with Gasteiger partial charge in [0.2, 0.25) is 0 Å². The van der Waals surface area contributed by atoms with Gasteiger partial charge in [-0.25, -0.2) is 0 Å². The van der Waals surface area contributed by atoms with E-state index in [0.29, 0.717) is 6.42 Å². The van der Waals surface area contributed by atoms with Crippen molar-refractivity contribution in [2.24, 2.45) is 0 Å². The van der Waals surface area contributed by atoms with Crippen LogP contribution in [0.25, 0.3) is 0 Å². The van der Waals surface area contributed by atoms with Crippen molar-refractivity contribution in [1.82, 2.24) is 4.98 Å². The number of nitrogens with zero attached hydrogens (tertiary/aromatic N) is 1. The lowest BCUT2D eigenvalue weighted by Gasteiger charge is -2.07. The Kier molecular flexibility index (Phi) is 3.85. The number of aryl methyl sites for hydroxylation is 1. The highest BCUT2D eigenvalue weighted by Gasteiger charge is 2.16. The van der Waals surface area contributed by atoms with Crippen LogP contribution in [0.3, 0.4) is 0 Å². The highest BCUT2D eigenvalue weighted by atomic mass is 35.5. The Balaban J connectivity index is 2.15. The fraction of sp³-hybridized carbons (Fsp3) is 0.250. The first-order valence-corrected chi connectivity index (χ1v) is 6.65. The Hall–Kier alpha value is -0.570. The maximum atomic E-state index is 6.35. The molecule has 0 saturated heterocycles. The van der Waals surface area contributed by atoms with Crippen LogP contribution in [0.1, 0.15) is 21.5 Å². The van der Waals surface area contributed by atoms with Crippen molar-refractivity contribution in [3.8, 4) is 0 Å². The molecule has 2 heterocycles. The monoisotopic (exact) mass is 271 g/mol. The summed E-state index contributed by atoms with van der Waals surface area (Å²) in [6.45, 7) is 1.99. The first-order chi connectivity index (χ1) is 7.68. The van der Waals surface area contributed by atoms with E-state index in [2.05, 4.69) is 4.98 Å². The van der Waals surface area contributed by atoms with Crippen molar-refractivity contribution >= 4 is 34.5 Å². The Morgan fingerprint density at radius 2 is 2.25 bits per heavy atom. The molecule has 0 amide bonds. The zero-order chi connectivity index (χ0) is 11.5. The van der Waals surface area contributed by atoms with Crippen LogP contribution < -0.4 is 0 Å². The van der Waals surface area contributed by atoms with Crippen molar-refractivity contribution in [3.63, 3.8) is 0 Å². The first kappa shape index (κ1) is 11.9. The van der Waals surface area contributed by atoms with E-state index in [-0.39, 0.29) is 5.38 Å². The lowest BCUT2D eigenvalue weighted by Crippen LogP contribution is -1.96. The minimum Gasteiger partial charge on any atom is -0.261 e. The highest BCUT2D eigenvalue weighted by Crippen LogP contribution is 2.37. The normalized spacial score (nSPS) is 12.7. The zero-order valence-corrected chi connectivity index (χ0v) is 11.1. The third-order valence-corrected chi connectivity index (χ3v) is 4.65. The van der Waals surface area contributed by atoms with Gasteiger partial charge in [0.15, 0.2) is 0 Å². The molecule has 16 heavy (non-hydrogen) atoms. The van der Waals surface area contributed by atoms with E-state index < -0.39 is 0 Å². The largest absolute Gasteiger partial charge is 0.261 e. The molecule has 0 aliphatic carbocycles. The SMILES string of the molecule is Cc1csc(C(Cl)Cc2ccccn2)c1Cl. The molecular formula is C12H11Cl2NS. The van der Waals surface area contributed by atoms with E-state index in [0.717, 1.165) is 21.2 Å². The molecule has 0 radical (unpaired) electrons. The van der Waals surface area contributed by atoms with Crippen LogP contribution in [-0.2, 0) is 6.42 Å². The highest BCUT2D eigenvalue weighted by molar-refractivity contribution is 7.11. The van der Waals surface area contributed by atoms with Crippen molar-refractivity contribution in [1.29, 1.82) is 0 Å². The molecule has 0 fully saturated rings. The van der Waals surface area contributed by atoms with Gasteiger partial charge in [-0.05, 0) is 30.0 Å². The van der Waals surface area contributed by atoms with Gasteiger partial charge in [0.1, 0.15) is 0 Å². The summed E-state index contributed by atoms with van der Waals surface area (Å²) < 4.78 is 0. The maximum Gasteiger partial charge on any atom is 0.0748 e. The third kappa shape index (κ3) is 2.57. The molecular weight excluding hydrogens is 261 g/mol. The molecule has 1 atom stereocenters. The second-order valence-electron chi connectivity index (χ2n) is 3.59. The Morgan fingerprint density at radius 3 is 2.81 bits per heavy atom. The summed E-state index contributed by atoms with van der Waals surface area (Å²) in [4.78, 5) is 5.29. The molecule has 84 valence electrons. The minimum atomic E-state index is -0.0962. The Bertz CT molecular complexity index is 467. The van der Waals surface area contributed by atoms with Gasteiger partial charge < -0.3 is 0 Å². The number of rotatable bonds is 3. The second-order valence-corrected chi connectivity index (χ2v) is 5.41. The zero-order valence-electron chi connectivity index (χ0n) is 8.78. The lowest BCUT2D eigenvalue weighted by atomic mass is 10.2. The molecule has 0 N–H and O–H groups in total. The molecule has 0 aromatic carbocycles. The van der Waals surface area contributed by atoms with Crippen molar-refractivity contribution in [2.45, 2.75) is 18.7 Å². The molecule has 0 aliphatic rings. The molecule has 2 aromatic heterocycles. The van der Waals surface area contributed by atoms with Gasteiger partial charge in [-0.15, -0.1) is 22.9 Å². The van der Waals surface area contributed by atoms with E-state index >= 15 is 0 Å². The Morgan fingerprint density at radius 1 is 1.44 bits per heavy atom. The topological polar surface area (TPSA) is 12.9 Å². The summed E-state index contributed by atoms with van der Waals surface area (Å²) >= 11 is 14.1. The smallest absolute Gasteiger partial charge is 0.0748 e. The average Bonchev–Trinajstić information content (AvgIpc) is 2.61. The van der Waals surface area contributed by atoms with Crippen LogP contribution >= 0.6 is 34.5 Å². The van der Waals surface area contributed by atoms with Gasteiger partial charge >= 0.3 is 0 Å². The van der Waals surface area contributed by atoms with E-state index in [4.69, 9.17) is 23.2 Å². The number of alkyl halides is 1. The van der Waals surface area contributed by atoms with Crippen LogP contribution in [0, 0.1) is 6.92 Å². The lowest BCUT2D eigenvalue weighted by molar-refractivity contribution is 0.896. The van der Waals surface area contributed by atoms with E-state index in [1.165, 1.54) is 0 Å². The number of halogens is 2. The van der Waals surface area contributed by atoms with Gasteiger partial charge in [-0.2, -0.15) is 0 Å². The number of hydrogen-bond donors (Lipinski definition) is 0. The average molecular weight is 272 g/mol. The fourth-order valence-electron chi connectivity index (χ4n) is 1.46. The van der Waals surface area contributed by atoms with Crippen LogP contribution in [0.15, 0.2) is 29.8 Å². The first-order valence-electron chi connectivity index (χ1n) is 4.96. The van der Waals surface area contributed by atoms with Crippen LogP contribution in [-0.4, -0.2) is 4.98 Å². The molecule has 0 aliphatic heterocycles. The van der Waals surface area contributed by atoms with Crippen LogP contribution in [0.5, 0.6) is 0 Å². The van der Waals surface area contributed by atoms with Gasteiger partial charge in [0.25, 0.3) is 0 Å². The maximum absolute atomic E-state index is 6.35. The number of thiophene rings is 1. The van der Waals surface area contributed by atoms with E-state index in [9.17, 15) is 0 Å². The fourth-order valence-corrected chi connectivity index (χ4v) is 3.24. The summed E-state index contributed by atoms with van der Waals surface area (Å²) in [5.41, 5.74) is 2.08. The minimum absolute atomic E-state index is 0.0962.